The summed E-state index contributed by atoms with van der Waals surface area (Å²) in [5.74, 6) is 0. The third-order valence-corrected chi connectivity index (χ3v) is 4.35. The summed E-state index contributed by atoms with van der Waals surface area (Å²) in [6, 6.07) is 0. The van der Waals surface area contributed by atoms with Crippen molar-refractivity contribution in [2.75, 3.05) is 45.9 Å². The van der Waals surface area contributed by atoms with Crippen molar-refractivity contribution in [3.63, 3.8) is 0 Å². The van der Waals surface area contributed by atoms with E-state index in [2.05, 4.69) is 31.0 Å². The van der Waals surface area contributed by atoms with Crippen LogP contribution in [-0.2, 0) is 4.74 Å². The molecule has 0 radical (unpaired) electrons. The molecule has 0 bridgehead atoms. The first-order chi connectivity index (χ1) is 9.26. The Labute approximate surface area is 120 Å². The molecule has 1 aliphatic rings. The normalized spacial score (nSPS) is 18.3. The van der Waals surface area contributed by atoms with Crippen LogP contribution < -0.4 is 5.32 Å². The molecule has 0 aromatic rings. The van der Waals surface area contributed by atoms with Crippen molar-refractivity contribution < 1.29 is 4.74 Å². The topological polar surface area (TPSA) is 24.5 Å². The summed E-state index contributed by atoms with van der Waals surface area (Å²) in [5.41, 5.74) is 0.525. The van der Waals surface area contributed by atoms with Crippen LogP contribution in [0, 0.1) is 5.41 Å². The lowest BCUT2D eigenvalue weighted by Crippen LogP contribution is -2.43. The van der Waals surface area contributed by atoms with E-state index in [-0.39, 0.29) is 0 Å². The molecular weight excluding hydrogens is 236 g/mol. The smallest absolute Gasteiger partial charge is 0.0593 e. The molecule has 1 rings (SSSR count). The Kier molecular flexibility index (Phi) is 8.67. The molecule has 3 heteroatoms. The molecule has 1 fully saturated rings. The molecule has 0 amide bonds. The second-order valence-corrected chi connectivity index (χ2v) is 5.95. The maximum atomic E-state index is 5.50. The van der Waals surface area contributed by atoms with E-state index in [4.69, 9.17) is 4.74 Å². The summed E-state index contributed by atoms with van der Waals surface area (Å²) in [6.07, 6.45) is 6.86. The highest BCUT2D eigenvalue weighted by Gasteiger charge is 2.34. The molecular formula is C16H34N2O. The summed E-state index contributed by atoms with van der Waals surface area (Å²) in [5, 5.41) is 3.66. The number of likely N-dealkylation sites (N-methyl/N-ethyl adjacent to an activating group) is 1. The minimum absolute atomic E-state index is 0.525. The van der Waals surface area contributed by atoms with Crippen molar-refractivity contribution >= 4 is 0 Å². The summed E-state index contributed by atoms with van der Waals surface area (Å²) in [6.45, 7) is 14.1. The first kappa shape index (κ1) is 16.9. The summed E-state index contributed by atoms with van der Waals surface area (Å²) in [4.78, 5) is 2.58. The molecule has 0 saturated heterocycles. The van der Waals surface area contributed by atoms with Crippen LogP contribution in [0.1, 0.15) is 52.9 Å². The second kappa shape index (κ2) is 9.73. The monoisotopic (exact) mass is 270 g/mol. The van der Waals surface area contributed by atoms with Gasteiger partial charge in [-0.1, -0.05) is 26.7 Å². The van der Waals surface area contributed by atoms with Crippen molar-refractivity contribution in [3.05, 3.63) is 0 Å². The van der Waals surface area contributed by atoms with Gasteiger partial charge in [-0.2, -0.15) is 0 Å². The van der Waals surface area contributed by atoms with E-state index >= 15 is 0 Å². The molecule has 0 atom stereocenters. The maximum Gasteiger partial charge on any atom is 0.0593 e. The van der Waals surface area contributed by atoms with E-state index in [1.54, 1.807) is 0 Å². The van der Waals surface area contributed by atoms with Gasteiger partial charge in [-0.25, -0.2) is 0 Å². The molecule has 0 unspecified atom stereocenters. The van der Waals surface area contributed by atoms with Crippen molar-refractivity contribution in [2.45, 2.75) is 52.9 Å². The molecule has 3 nitrogen and oxygen atoms in total. The Bertz CT molecular complexity index is 215. The number of hydrogen-bond donors (Lipinski definition) is 1. The summed E-state index contributed by atoms with van der Waals surface area (Å²) >= 11 is 0. The fraction of sp³-hybridized carbons (Fsp3) is 1.00. The van der Waals surface area contributed by atoms with Crippen LogP contribution in [0.4, 0.5) is 0 Å². The predicted molar refractivity (Wildman–Crippen MR) is 82.7 cm³/mol. The van der Waals surface area contributed by atoms with Crippen LogP contribution in [0.15, 0.2) is 0 Å². The minimum Gasteiger partial charge on any atom is -0.380 e. The maximum absolute atomic E-state index is 5.50. The van der Waals surface area contributed by atoms with Crippen LogP contribution in [0.25, 0.3) is 0 Å². The van der Waals surface area contributed by atoms with Gasteiger partial charge in [0.2, 0.25) is 0 Å². The van der Waals surface area contributed by atoms with Crippen LogP contribution in [0.2, 0.25) is 0 Å². The van der Waals surface area contributed by atoms with Crippen LogP contribution in [-0.4, -0.2) is 50.8 Å². The van der Waals surface area contributed by atoms with Crippen molar-refractivity contribution in [1.29, 1.82) is 0 Å². The van der Waals surface area contributed by atoms with E-state index in [1.807, 2.05) is 0 Å². The molecule has 1 N–H and O–H groups in total. The SMILES string of the molecule is CCCNCC1(CN(CC)CCOCC)CCCC1. The Balaban J connectivity index is 2.40. The Morgan fingerprint density at radius 3 is 2.47 bits per heavy atom. The molecule has 1 saturated carbocycles. The zero-order valence-electron chi connectivity index (χ0n) is 13.3. The lowest BCUT2D eigenvalue weighted by molar-refractivity contribution is 0.0894. The predicted octanol–water partition coefficient (Wildman–Crippen LogP) is 2.90. The van der Waals surface area contributed by atoms with E-state index in [1.165, 1.54) is 45.2 Å². The van der Waals surface area contributed by atoms with E-state index < -0.39 is 0 Å². The quantitative estimate of drug-likeness (QED) is 0.584. The van der Waals surface area contributed by atoms with E-state index in [9.17, 15) is 0 Å². The third kappa shape index (κ3) is 6.24. The zero-order chi connectivity index (χ0) is 14.0. The van der Waals surface area contributed by atoms with Gasteiger partial charge < -0.3 is 15.0 Å². The first-order valence-electron chi connectivity index (χ1n) is 8.27. The highest BCUT2D eigenvalue weighted by molar-refractivity contribution is 4.89. The molecule has 0 heterocycles. The highest BCUT2D eigenvalue weighted by Crippen LogP contribution is 2.38. The molecule has 19 heavy (non-hydrogen) atoms. The second-order valence-electron chi connectivity index (χ2n) is 5.95. The number of rotatable bonds is 11. The van der Waals surface area contributed by atoms with Crippen LogP contribution >= 0.6 is 0 Å². The fourth-order valence-electron chi connectivity index (χ4n) is 3.21. The van der Waals surface area contributed by atoms with Gasteiger partial charge in [0.05, 0.1) is 6.61 Å². The average Bonchev–Trinajstić information content (AvgIpc) is 2.87. The third-order valence-electron chi connectivity index (χ3n) is 4.35. The molecule has 1 aliphatic carbocycles. The van der Waals surface area contributed by atoms with Gasteiger partial charge in [0, 0.05) is 26.2 Å². The Hall–Kier alpha value is -0.120. The minimum atomic E-state index is 0.525. The van der Waals surface area contributed by atoms with Crippen molar-refractivity contribution in [3.8, 4) is 0 Å². The van der Waals surface area contributed by atoms with E-state index in [0.29, 0.717) is 5.41 Å². The average molecular weight is 270 g/mol. The Morgan fingerprint density at radius 2 is 1.89 bits per heavy atom. The van der Waals surface area contributed by atoms with Crippen molar-refractivity contribution in [1.82, 2.24) is 10.2 Å². The number of ether oxygens (including phenoxy) is 1. The summed E-state index contributed by atoms with van der Waals surface area (Å²) < 4.78 is 5.50. The highest BCUT2D eigenvalue weighted by atomic mass is 16.5. The van der Waals surface area contributed by atoms with Crippen molar-refractivity contribution in [2.24, 2.45) is 5.41 Å². The lowest BCUT2D eigenvalue weighted by Gasteiger charge is -2.35. The van der Waals surface area contributed by atoms with Gasteiger partial charge in [-0.3, -0.25) is 0 Å². The summed E-state index contributed by atoms with van der Waals surface area (Å²) in [7, 11) is 0. The van der Waals surface area contributed by atoms with Gasteiger partial charge in [0.1, 0.15) is 0 Å². The molecule has 0 aromatic carbocycles. The Morgan fingerprint density at radius 1 is 1.16 bits per heavy atom. The molecule has 0 aromatic heterocycles. The number of nitrogens with zero attached hydrogens (tertiary/aromatic N) is 1. The molecule has 0 spiro atoms. The van der Waals surface area contributed by atoms with Gasteiger partial charge in [0.25, 0.3) is 0 Å². The zero-order valence-corrected chi connectivity index (χ0v) is 13.3. The standard InChI is InChI=1S/C16H34N2O/c1-4-11-17-14-16(9-7-8-10-16)15-18(5-2)12-13-19-6-3/h17H,4-15H2,1-3H3. The van der Waals surface area contributed by atoms with Crippen LogP contribution in [0.5, 0.6) is 0 Å². The molecule has 114 valence electrons. The first-order valence-corrected chi connectivity index (χ1v) is 8.27. The van der Waals surface area contributed by atoms with Gasteiger partial charge in [0.15, 0.2) is 0 Å². The largest absolute Gasteiger partial charge is 0.380 e. The van der Waals surface area contributed by atoms with Gasteiger partial charge in [-0.15, -0.1) is 0 Å². The number of nitrogens with one attached hydrogen (secondary N) is 1. The van der Waals surface area contributed by atoms with Gasteiger partial charge in [-0.05, 0) is 44.7 Å². The van der Waals surface area contributed by atoms with Gasteiger partial charge >= 0.3 is 0 Å². The fourth-order valence-corrected chi connectivity index (χ4v) is 3.21. The van der Waals surface area contributed by atoms with E-state index in [0.717, 1.165) is 32.8 Å². The lowest BCUT2D eigenvalue weighted by atomic mass is 9.85. The van der Waals surface area contributed by atoms with Crippen LogP contribution in [0.3, 0.4) is 0 Å². The molecule has 0 aliphatic heterocycles. The number of hydrogen-bond acceptors (Lipinski definition) is 3.